The summed E-state index contributed by atoms with van der Waals surface area (Å²) >= 11 is 0. The zero-order valence-electron chi connectivity index (χ0n) is 19.2. The second kappa shape index (κ2) is 10.4. The highest BCUT2D eigenvalue weighted by atomic mass is 16.5. The molecule has 0 bridgehead atoms. The van der Waals surface area contributed by atoms with Gasteiger partial charge in [0, 0.05) is 41.2 Å². The number of rotatable bonds is 8. The molecular weight excluding hydrogens is 392 g/mol. The number of benzene rings is 2. The van der Waals surface area contributed by atoms with Crippen LogP contribution in [0, 0.1) is 0 Å². The van der Waals surface area contributed by atoms with Crippen molar-refractivity contribution in [3.8, 4) is 17.2 Å². The molecule has 1 amide bonds. The minimum Gasteiger partial charge on any atom is -0.493 e. The van der Waals surface area contributed by atoms with E-state index < -0.39 is 0 Å². The Balaban J connectivity index is 1.77. The number of ether oxygens (including phenoxy) is 3. The highest BCUT2D eigenvalue weighted by molar-refractivity contribution is 5.95. The highest BCUT2D eigenvalue weighted by Crippen LogP contribution is 2.40. The fraction of sp³-hybridized carbons (Fsp3) is 0.480. The van der Waals surface area contributed by atoms with Gasteiger partial charge in [0.05, 0.1) is 21.3 Å². The van der Waals surface area contributed by atoms with Gasteiger partial charge in [-0.25, -0.2) is 0 Å². The van der Waals surface area contributed by atoms with Crippen molar-refractivity contribution in [3.63, 3.8) is 0 Å². The summed E-state index contributed by atoms with van der Waals surface area (Å²) in [5, 5.41) is 3.35. The normalized spacial score (nSPS) is 14.3. The molecule has 0 spiro atoms. The molecule has 6 heteroatoms. The first-order valence-corrected chi connectivity index (χ1v) is 11.0. The van der Waals surface area contributed by atoms with Crippen LogP contribution in [0.5, 0.6) is 17.2 Å². The SMILES string of the molecule is COc1cc(Nc2ccc(C(=O)N(C(C)C)C3CCCCC3)cc2)cc(OC)c1OC. The van der Waals surface area contributed by atoms with Crippen LogP contribution in [0.15, 0.2) is 36.4 Å². The molecule has 0 saturated heterocycles. The molecule has 2 aromatic carbocycles. The first-order chi connectivity index (χ1) is 15.0. The van der Waals surface area contributed by atoms with Crippen molar-refractivity contribution in [2.24, 2.45) is 0 Å². The predicted molar refractivity (Wildman–Crippen MR) is 124 cm³/mol. The van der Waals surface area contributed by atoms with E-state index in [2.05, 4.69) is 24.1 Å². The molecule has 0 aromatic heterocycles. The third-order valence-electron chi connectivity index (χ3n) is 5.84. The molecule has 0 unspecified atom stereocenters. The lowest BCUT2D eigenvalue weighted by Crippen LogP contribution is -2.45. The van der Waals surface area contributed by atoms with Crippen molar-refractivity contribution in [2.45, 2.75) is 58.0 Å². The molecule has 1 aliphatic rings. The van der Waals surface area contributed by atoms with Crippen molar-refractivity contribution in [3.05, 3.63) is 42.0 Å². The maximum absolute atomic E-state index is 13.3. The second-order valence-electron chi connectivity index (χ2n) is 8.21. The number of anilines is 2. The Kier molecular flexibility index (Phi) is 7.66. The summed E-state index contributed by atoms with van der Waals surface area (Å²) in [5.41, 5.74) is 2.40. The van der Waals surface area contributed by atoms with E-state index in [-0.39, 0.29) is 11.9 Å². The van der Waals surface area contributed by atoms with Crippen LogP contribution in [-0.4, -0.2) is 44.2 Å². The van der Waals surface area contributed by atoms with Crippen LogP contribution < -0.4 is 19.5 Å². The molecule has 2 aromatic rings. The van der Waals surface area contributed by atoms with Gasteiger partial charge in [0.1, 0.15) is 0 Å². The smallest absolute Gasteiger partial charge is 0.254 e. The lowest BCUT2D eigenvalue weighted by Gasteiger charge is -2.37. The molecule has 1 saturated carbocycles. The number of carbonyl (C=O) groups excluding carboxylic acids is 1. The van der Waals surface area contributed by atoms with Gasteiger partial charge in [-0.15, -0.1) is 0 Å². The standard InChI is InChI=1S/C25H34N2O4/c1-17(2)27(21-9-7-6-8-10-21)25(28)18-11-13-19(14-12-18)26-20-15-22(29-3)24(31-5)23(16-20)30-4/h11-17,21,26H,6-10H2,1-5H3. The summed E-state index contributed by atoms with van der Waals surface area (Å²) in [6, 6.07) is 11.9. The van der Waals surface area contributed by atoms with Crippen molar-refractivity contribution in [1.29, 1.82) is 0 Å². The first-order valence-electron chi connectivity index (χ1n) is 11.0. The van der Waals surface area contributed by atoms with Crippen LogP contribution in [0.25, 0.3) is 0 Å². The molecule has 6 nitrogen and oxygen atoms in total. The number of hydrogen-bond acceptors (Lipinski definition) is 5. The van der Waals surface area contributed by atoms with Gasteiger partial charge in [0.15, 0.2) is 11.5 Å². The number of nitrogens with one attached hydrogen (secondary N) is 1. The Labute approximate surface area is 185 Å². The molecule has 0 heterocycles. The molecule has 1 aliphatic carbocycles. The lowest BCUT2D eigenvalue weighted by atomic mass is 9.92. The maximum atomic E-state index is 13.3. The number of nitrogens with zero attached hydrogens (tertiary/aromatic N) is 1. The third-order valence-corrected chi connectivity index (χ3v) is 5.84. The maximum Gasteiger partial charge on any atom is 0.254 e. The van der Waals surface area contributed by atoms with Crippen molar-refractivity contribution in [1.82, 2.24) is 4.90 Å². The van der Waals surface area contributed by atoms with E-state index >= 15 is 0 Å². The minimum atomic E-state index is 0.112. The van der Waals surface area contributed by atoms with Crippen LogP contribution in [-0.2, 0) is 0 Å². The monoisotopic (exact) mass is 426 g/mol. The summed E-state index contributed by atoms with van der Waals surface area (Å²) in [5.74, 6) is 1.82. The van der Waals surface area contributed by atoms with Gasteiger partial charge in [-0.05, 0) is 51.0 Å². The van der Waals surface area contributed by atoms with Crippen LogP contribution in [0.1, 0.15) is 56.3 Å². The summed E-state index contributed by atoms with van der Waals surface area (Å²) in [4.78, 5) is 15.3. The van der Waals surface area contributed by atoms with Crippen molar-refractivity contribution < 1.29 is 19.0 Å². The van der Waals surface area contributed by atoms with Crippen molar-refractivity contribution in [2.75, 3.05) is 26.6 Å². The summed E-state index contributed by atoms with van der Waals surface area (Å²) in [6.45, 7) is 4.21. The van der Waals surface area contributed by atoms with Crippen LogP contribution in [0.4, 0.5) is 11.4 Å². The van der Waals surface area contributed by atoms with E-state index in [0.717, 1.165) is 29.8 Å². The highest BCUT2D eigenvalue weighted by Gasteiger charge is 2.28. The molecule has 0 atom stereocenters. The summed E-state index contributed by atoms with van der Waals surface area (Å²) < 4.78 is 16.2. The Bertz CT molecular complexity index is 849. The van der Waals surface area contributed by atoms with Gasteiger partial charge < -0.3 is 24.4 Å². The Morgan fingerprint density at radius 1 is 0.903 bits per heavy atom. The quantitative estimate of drug-likeness (QED) is 0.592. The van der Waals surface area contributed by atoms with Gasteiger partial charge >= 0.3 is 0 Å². The fourth-order valence-electron chi connectivity index (χ4n) is 4.35. The molecule has 168 valence electrons. The van der Waals surface area contributed by atoms with E-state index in [1.54, 1.807) is 21.3 Å². The zero-order valence-corrected chi connectivity index (χ0v) is 19.2. The summed E-state index contributed by atoms with van der Waals surface area (Å²) in [7, 11) is 4.76. The number of carbonyl (C=O) groups is 1. The Morgan fingerprint density at radius 2 is 1.48 bits per heavy atom. The number of hydrogen-bond donors (Lipinski definition) is 1. The molecule has 0 radical (unpaired) electrons. The van der Waals surface area contributed by atoms with Gasteiger partial charge in [0.25, 0.3) is 5.91 Å². The third kappa shape index (κ3) is 5.24. The Hall–Kier alpha value is -2.89. The molecule has 31 heavy (non-hydrogen) atoms. The van der Waals surface area contributed by atoms with Gasteiger partial charge in [-0.2, -0.15) is 0 Å². The van der Waals surface area contributed by atoms with E-state index in [9.17, 15) is 4.79 Å². The number of amides is 1. The van der Waals surface area contributed by atoms with Gasteiger partial charge in [-0.3, -0.25) is 4.79 Å². The van der Waals surface area contributed by atoms with Gasteiger partial charge in [0.2, 0.25) is 5.75 Å². The average Bonchev–Trinajstić information content (AvgIpc) is 2.79. The topological polar surface area (TPSA) is 60.0 Å². The van der Waals surface area contributed by atoms with Crippen LogP contribution in [0.3, 0.4) is 0 Å². The molecular formula is C25H34N2O4. The lowest BCUT2D eigenvalue weighted by molar-refractivity contribution is 0.0555. The van der Waals surface area contributed by atoms with Crippen LogP contribution in [0.2, 0.25) is 0 Å². The minimum absolute atomic E-state index is 0.112. The number of methoxy groups -OCH3 is 3. The largest absolute Gasteiger partial charge is 0.493 e. The van der Waals surface area contributed by atoms with E-state index in [4.69, 9.17) is 14.2 Å². The van der Waals surface area contributed by atoms with Gasteiger partial charge in [-0.1, -0.05) is 19.3 Å². The van der Waals surface area contributed by atoms with Crippen molar-refractivity contribution >= 4 is 17.3 Å². The molecule has 1 N–H and O–H groups in total. The molecule has 1 fully saturated rings. The van der Waals surface area contributed by atoms with E-state index in [0.29, 0.717) is 23.3 Å². The molecule has 3 rings (SSSR count). The van der Waals surface area contributed by atoms with E-state index in [1.165, 1.54) is 19.3 Å². The van der Waals surface area contributed by atoms with Crippen LogP contribution >= 0.6 is 0 Å². The second-order valence-corrected chi connectivity index (χ2v) is 8.21. The first kappa shape index (κ1) is 22.8. The fourth-order valence-corrected chi connectivity index (χ4v) is 4.35. The van der Waals surface area contributed by atoms with E-state index in [1.807, 2.05) is 36.4 Å². The molecule has 0 aliphatic heterocycles. The average molecular weight is 427 g/mol. The Morgan fingerprint density at radius 3 is 1.97 bits per heavy atom. The predicted octanol–water partition coefficient (Wildman–Crippen LogP) is 5.64. The zero-order chi connectivity index (χ0) is 22.4. The summed E-state index contributed by atoms with van der Waals surface area (Å²) in [6.07, 6.45) is 5.89.